The SMILES string of the molecule is CC(Br)C1=CC=C(O)C(C)(C(C)Br)C1. The molecule has 3 unspecified atom stereocenters. The van der Waals surface area contributed by atoms with Crippen LogP contribution in [0.15, 0.2) is 23.5 Å². The molecule has 0 aromatic rings. The fourth-order valence-electron chi connectivity index (χ4n) is 1.57. The van der Waals surface area contributed by atoms with Gasteiger partial charge in [0.05, 0.1) is 5.76 Å². The van der Waals surface area contributed by atoms with Gasteiger partial charge in [-0.2, -0.15) is 0 Å². The third-order valence-electron chi connectivity index (χ3n) is 3.00. The predicted molar refractivity (Wildman–Crippen MR) is 68.3 cm³/mol. The minimum Gasteiger partial charge on any atom is -0.512 e. The summed E-state index contributed by atoms with van der Waals surface area (Å²) in [5.41, 5.74) is 1.16. The summed E-state index contributed by atoms with van der Waals surface area (Å²) in [6, 6.07) is 0. The standard InChI is InChI=1S/C11H16Br2O/c1-7(12)9-4-5-10(14)11(3,6-9)8(2)13/h4-5,7-8,14H,6H2,1-3H3. The summed E-state index contributed by atoms with van der Waals surface area (Å²) >= 11 is 7.13. The first kappa shape index (κ1) is 12.3. The molecule has 1 N–H and O–H groups in total. The van der Waals surface area contributed by atoms with Crippen molar-refractivity contribution in [3.05, 3.63) is 23.5 Å². The second-order valence-electron chi connectivity index (χ2n) is 4.12. The van der Waals surface area contributed by atoms with E-state index >= 15 is 0 Å². The molecule has 1 nitrogen and oxygen atoms in total. The summed E-state index contributed by atoms with van der Waals surface area (Å²) in [7, 11) is 0. The minimum atomic E-state index is -0.174. The molecule has 0 amide bonds. The maximum absolute atomic E-state index is 9.87. The summed E-state index contributed by atoms with van der Waals surface area (Å²) in [5.74, 6) is 0.471. The minimum absolute atomic E-state index is 0.174. The van der Waals surface area contributed by atoms with Gasteiger partial charge in [0.1, 0.15) is 0 Å². The van der Waals surface area contributed by atoms with Gasteiger partial charge in [-0.25, -0.2) is 0 Å². The van der Waals surface area contributed by atoms with Crippen LogP contribution in [0.3, 0.4) is 0 Å². The van der Waals surface area contributed by atoms with Crippen molar-refractivity contribution in [2.75, 3.05) is 0 Å². The Morgan fingerprint density at radius 2 is 1.93 bits per heavy atom. The average molecular weight is 324 g/mol. The number of aliphatic hydroxyl groups is 1. The molecule has 0 fully saturated rings. The van der Waals surface area contributed by atoms with Crippen molar-refractivity contribution < 1.29 is 5.11 Å². The van der Waals surface area contributed by atoms with E-state index in [0.29, 0.717) is 10.6 Å². The van der Waals surface area contributed by atoms with Crippen molar-refractivity contribution in [3.63, 3.8) is 0 Å². The van der Waals surface area contributed by atoms with E-state index in [0.717, 1.165) is 6.42 Å². The highest BCUT2D eigenvalue weighted by Crippen LogP contribution is 2.43. The van der Waals surface area contributed by atoms with Gasteiger partial charge < -0.3 is 5.11 Å². The van der Waals surface area contributed by atoms with E-state index in [4.69, 9.17) is 0 Å². The first-order valence-electron chi connectivity index (χ1n) is 4.76. The second-order valence-corrected chi connectivity index (χ2v) is 6.87. The second kappa shape index (κ2) is 4.40. The predicted octanol–water partition coefficient (Wildman–Crippen LogP) is 4.33. The van der Waals surface area contributed by atoms with Gasteiger partial charge in [-0.1, -0.05) is 57.4 Å². The Morgan fingerprint density at radius 1 is 1.36 bits per heavy atom. The van der Waals surface area contributed by atoms with Crippen molar-refractivity contribution in [1.82, 2.24) is 0 Å². The molecule has 0 spiro atoms. The van der Waals surface area contributed by atoms with Gasteiger partial charge in [-0.3, -0.25) is 0 Å². The van der Waals surface area contributed by atoms with Crippen LogP contribution in [0.1, 0.15) is 27.2 Å². The number of allylic oxidation sites excluding steroid dienone is 4. The normalized spacial score (nSPS) is 31.8. The van der Waals surface area contributed by atoms with Crippen molar-refractivity contribution in [3.8, 4) is 0 Å². The van der Waals surface area contributed by atoms with E-state index in [1.165, 1.54) is 5.57 Å². The van der Waals surface area contributed by atoms with E-state index < -0.39 is 0 Å². The van der Waals surface area contributed by atoms with Gasteiger partial charge in [-0.15, -0.1) is 0 Å². The highest BCUT2D eigenvalue weighted by molar-refractivity contribution is 9.09. The zero-order valence-electron chi connectivity index (χ0n) is 8.72. The molecule has 3 heteroatoms. The molecule has 1 aliphatic rings. The zero-order valence-corrected chi connectivity index (χ0v) is 11.9. The number of hydrogen-bond donors (Lipinski definition) is 1. The van der Waals surface area contributed by atoms with Gasteiger partial charge in [0.2, 0.25) is 0 Å². The van der Waals surface area contributed by atoms with Crippen LogP contribution < -0.4 is 0 Å². The summed E-state index contributed by atoms with van der Waals surface area (Å²) in [4.78, 5) is 0.638. The summed E-state index contributed by atoms with van der Waals surface area (Å²) < 4.78 is 0. The Hall–Kier alpha value is 0.240. The maximum atomic E-state index is 9.87. The fraction of sp³-hybridized carbons (Fsp3) is 0.636. The molecular weight excluding hydrogens is 308 g/mol. The van der Waals surface area contributed by atoms with Crippen LogP contribution in [0.4, 0.5) is 0 Å². The molecule has 0 aromatic heterocycles. The monoisotopic (exact) mass is 322 g/mol. The molecule has 0 aromatic carbocycles. The Kier molecular flexibility index (Phi) is 3.87. The van der Waals surface area contributed by atoms with Gasteiger partial charge in [-0.05, 0) is 19.4 Å². The molecule has 0 heterocycles. The number of halogens is 2. The lowest BCUT2D eigenvalue weighted by atomic mass is 9.76. The maximum Gasteiger partial charge on any atom is 0.0995 e. The first-order chi connectivity index (χ1) is 6.38. The molecule has 0 saturated carbocycles. The van der Waals surface area contributed by atoms with E-state index in [1.54, 1.807) is 0 Å². The lowest BCUT2D eigenvalue weighted by Crippen LogP contribution is -2.31. The Bertz CT molecular complexity index is 279. The third kappa shape index (κ3) is 2.25. The molecule has 80 valence electrons. The third-order valence-corrected chi connectivity index (χ3v) is 4.60. The summed E-state index contributed by atoms with van der Waals surface area (Å²) in [6.45, 7) is 6.27. The molecular formula is C11H16Br2O. The lowest BCUT2D eigenvalue weighted by molar-refractivity contribution is 0.232. The van der Waals surface area contributed by atoms with Crippen molar-refractivity contribution >= 4 is 31.9 Å². The topological polar surface area (TPSA) is 20.2 Å². The Labute approximate surface area is 103 Å². The molecule has 0 radical (unpaired) electrons. The highest BCUT2D eigenvalue weighted by atomic mass is 79.9. The van der Waals surface area contributed by atoms with Gasteiger partial charge in [0.25, 0.3) is 0 Å². The largest absolute Gasteiger partial charge is 0.512 e. The molecule has 0 bridgehead atoms. The van der Waals surface area contributed by atoms with Crippen LogP contribution in [0.2, 0.25) is 0 Å². The van der Waals surface area contributed by atoms with E-state index in [-0.39, 0.29) is 10.2 Å². The zero-order chi connectivity index (χ0) is 10.9. The number of alkyl halides is 2. The van der Waals surface area contributed by atoms with Crippen molar-refractivity contribution in [2.24, 2.45) is 5.41 Å². The molecule has 1 rings (SSSR count). The van der Waals surface area contributed by atoms with Gasteiger partial charge in [0.15, 0.2) is 0 Å². The van der Waals surface area contributed by atoms with Crippen molar-refractivity contribution in [1.29, 1.82) is 0 Å². The van der Waals surface area contributed by atoms with E-state index in [9.17, 15) is 5.11 Å². The molecule has 1 aliphatic carbocycles. The molecule has 14 heavy (non-hydrogen) atoms. The van der Waals surface area contributed by atoms with Gasteiger partial charge >= 0.3 is 0 Å². The van der Waals surface area contributed by atoms with Gasteiger partial charge in [0, 0.05) is 15.1 Å². The number of rotatable bonds is 2. The smallest absolute Gasteiger partial charge is 0.0995 e. The number of aliphatic hydroxyl groups excluding tert-OH is 1. The first-order valence-corrected chi connectivity index (χ1v) is 6.59. The fourth-order valence-corrected chi connectivity index (χ4v) is 2.28. The van der Waals surface area contributed by atoms with Crippen LogP contribution in [-0.4, -0.2) is 14.8 Å². The van der Waals surface area contributed by atoms with E-state index in [1.807, 2.05) is 12.2 Å². The molecule has 0 saturated heterocycles. The Morgan fingerprint density at radius 3 is 2.36 bits per heavy atom. The number of hydrogen-bond acceptors (Lipinski definition) is 1. The summed E-state index contributed by atoms with van der Waals surface area (Å²) in [6.07, 6.45) is 4.72. The van der Waals surface area contributed by atoms with Crippen LogP contribution >= 0.6 is 31.9 Å². The van der Waals surface area contributed by atoms with Crippen LogP contribution in [0.5, 0.6) is 0 Å². The molecule has 3 atom stereocenters. The Balaban J connectivity index is 2.97. The van der Waals surface area contributed by atoms with Crippen LogP contribution in [0.25, 0.3) is 0 Å². The van der Waals surface area contributed by atoms with Crippen LogP contribution in [-0.2, 0) is 0 Å². The quantitative estimate of drug-likeness (QED) is 0.750. The highest BCUT2D eigenvalue weighted by Gasteiger charge is 2.37. The molecule has 0 aliphatic heterocycles. The van der Waals surface area contributed by atoms with Crippen molar-refractivity contribution in [2.45, 2.75) is 36.8 Å². The average Bonchev–Trinajstić information content (AvgIpc) is 2.09. The lowest BCUT2D eigenvalue weighted by Gasteiger charge is -2.35. The van der Waals surface area contributed by atoms with Crippen LogP contribution in [0, 0.1) is 5.41 Å². The summed E-state index contributed by atoms with van der Waals surface area (Å²) in [5, 5.41) is 9.87. The van der Waals surface area contributed by atoms with E-state index in [2.05, 4.69) is 52.6 Å².